The molecule has 3 aromatic rings. The molecule has 1 atom stereocenters. The number of nitro benzene ring substituents is 1. The Morgan fingerprint density at radius 2 is 1.65 bits per heavy atom. The molecule has 0 radical (unpaired) electrons. The molecule has 34 heavy (non-hydrogen) atoms. The Balaban J connectivity index is 1.97. The Bertz CT molecular complexity index is 1300. The van der Waals surface area contributed by atoms with Crippen molar-refractivity contribution < 1.29 is 29.1 Å². The van der Waals surface area contributed by atoms with Crippen LogP contribution in [0.15, 0.2) is 78.4 Å². The molecule has 0 unspecified atom stereocenters. The third kappa shape index (κ3) is 3.83. The fraction of sp³-hybridized carbons (Fsp3) is 0.120. The van der Waals surface area contributed by atoms with Crippen LogP contribution in [0, 0.1) is 10.1 Å². The Labute approximate surface area is 194 Å². The second-order valence-electron chi connectivity index (χ2n) is 7.42. The molecular formula is C25H20N2O7. The highest BCUT2D eigenvalue weighted by Gasteiger charge is 2.48. The molecule has 1 fully saturated rings. The highest BCUT2D eigenvalue weighted by Crippen LogP contribution is 2.45. The average molecular weight is 460 g/mol. The lowest BCUT2D eigenvalue weighted by molar-refractivity contribution is -0.384. The summed E-state index contributed by atoms with van der Waals surface area (Å²) in [4.78, 5) is 38.1. The first kappa shape index (κ1) is 22.5. The second kappa shape index (κ2) is 9.07. The summed E-state index contributed by atoms with van der Waals surface area (Å²) in [5.74, 6) is -1.28. The average Bonchev–Trinajstić information content (AvgIpc) is 3.13. The van der Waals surface area contributed by atoms with Crippen molar-refractivity contribution in [3.05, 3.63) is 99.6 Å². The van der Waals surface area contributed by atoms with Crippen LogP contribution in [0.4, 0.5) is 11.4 Å². The number of hydrogen-bond donors (Lipinski definition) is 1. The molecule has 1 aliphatic rings. The lowest BCUT2D eigenvalue weighted by atomic mass is 9.94. The fourth-order valence-electron chi connectivity index (χ4n) is 3.92. The molecule has 0 spiro atoms. The Hall–Kier alpha value is -4.66. The Kier molecular flexibility index (Phi) is 6.01. The molecule has 1 saturated heterocycles. The number of anilines is 1. The first-order valence-electron chi connectivity index (χ1n) is 10.2. The summed E-state index contributed by atoms with van der Waals surface area (Å²) < 4.78 is 10.8. The first-order valence-corrected chi connectivity index (χ1v) is 10.2. The van der Waals surface area contributed by atoms with E-state index in [1.165, 1.54) is 43.4 Å². The molecule has 0 aromatic heterocycles. The van der Waals surface area contributed by atoms with Gasteiger partial charge in [0.25, 0.3) is 17.4 Å². The maximum atomic E-state index is 13.2. The molecule has 1 amide bonds. The van der Waals surface area contributed by atoms with Crippen LogP contribution < -0.4 is 14.4 Å². The van der Waals surface area contributed by atoms with E-state index in [-0.39, 0.29) is 22.7 Å². The van der Waals surface area contributed by atoms with E-state index in [0.717, 1.165) is 0 Å². The minimum Gasteiger partial charge on any atom is -0.507 e. The Morgan fingerprint density at radius 1 is 0.971 bits per heavy atom. The standard InChI is InChI=1S/C25H20N2O7/c1-33-18-12-13-19(20(14-18)34-2)22-21(23(28)15-6-4-3-5-7-15)24(29)25(30)26(22)16-8-10-17(11-9-16)27(31)32/h3-14,22,28H,1-2H3/t22-/m0/s1. The van der Waals surface area contributed by atoms with Gasteiger partial charge in [-0.25, -0.2) is 0 Å². The molecule has 9 heteroatoms. The van der Waals surface area contributed by atoms with Gasteiger partial charge in [-0.1, -0.05) is 30.3 Å². The number of carbonyl (C=O) groups is 2. The van der Waals surface area contributed by atoms with Crippen molar-refractivity contribution in [2.75, 3.05) is 19.1 Å². The van der Waals surface area contributed by atoms with Crippen LogP contribution >= 0.6 is 0 Å². The van der Waals surface area contributed by atoms with Crippen LogP contribution in [0.5, 0.6) is 11.5 Å². The van der Waals surface area contributed by atoms with Crippen molar-refractivity contribution in [1.29, 1.82) is 0 Å². The highest BCUT2D eigenvalue weighted by atomic mass is 16.6. The number of ketones is 1. The molecule has 0 aliphatic carbocycles. The number of Topliss-reactive ketones (excluding diaryl/α,β-unsaturated/α-hetero) is 1. The van der Waals surface area contributed by atoms with Gasteiger partial charge in [0.05, 0.1) is 30.8 Å². The molecule has 1 aliphatic heterocycles. The van der Waals surface area contributed by atoms with Crippen molar-refractivity contribution in [3.8, 4) is 11.5 Å². The number of hydrogen-bond acceptors (Lipinski definition) is 7. The summed E-state index contributed by atoms with van der Waals surface area (Å²) in [6, 6.07) is 17.5. The van der Waals surface area contributed by atoms with Crippen LogP contribution in [-0.4, -0.2) is 35.9 Å². The number of nitro groups is 1. The summed E-state index contributed by atoms with van der Waals surface area (Å²) in [5, 5.41) is 22.2. The van der Waals surface area contributed by atoms with Gasteiger partial charge in [-0.15, -0.1) is 0 Å². The minimum atomic E-state index is -1.05. The predicted molar refractivity (Wildman–Crippen MR) is 124 cm³/mol. The lowest BCUT2D eigenvalue weighted by Crippen LogP contribution is -2.29. The summed E-state index contributed by atoms with van der Waals surface area (Å²) >= 11 is 0. The number of carbonyl (C=O) groups excluding carboxylic acids is 2. The van der Waals surface area contributed by atoms with E-state index in [1.54, 1.807) is 48.5 Å². The second-order valence-corrected chi connectivity index (χ2v) is 7.42. The summed E-state index contributed by atoms with van der Waals surface area (Å²) in [7, 11) is 2.93. The van der Waals surface area contributed by atoms with E-state index in [0.29, 0.717) is 22.6 Å². The summed E-state index contributed by atoms with van der Waals surface area (Å²) in [5.41, 5.74) is 0.754. The zero-order valence-electron chi connectivity index (χ0n) is 18.3. The summed E-state index contributed by atoms with van der Waals surface area (Å²) in [6.07, 6.45) is 0. The summed E-state index contributed by atoms with van der Waals surface area (Å²) in [6.45, 7) is 0. The predicted octanol–water partition coefficient (Wildman–Crippen LogP) is 4.24. The van der Waals surface area contributed by atoms with Gasteiger partial charge >= 0.3 is 0 Å². The number of amides is 1. The van der Waals surface area contributed by atoms with Crippen LogP contribution in [0.25, 0.3) is 5.76 Å². The smallest absolute Gasteiger partial charge is 0.300 e. The van der Waals surface area contributed by atoms with Crippen LogP contribution in [0.2, 0.25) is 0 Å². The van der Waals surface area contributed by atoms with E-state index in [9.17, 15) is 24.8 Å². The highest BCUT2D eigenvalue weighted by molar-refractivity contribution is 6.51. The minimum absolute atomic E-state index is 0.127. The van der Waals surface area contributed by atoms with Gasteiger partial charge in [0, 0.05) is 35.0 Å². The molecule has 9 nitrogen and oxygen atoms in total. The third-order valence-electron chi connectivity index (χ3n) is 5.57. The van der Waals surface area contributed by atoms with Gasteiger partial charge in [-0.05, 0) is 24.3 Å². The SMILES string of the molecule is COc1ccc([C@H]2C(=C(O)c3ccccc3)C(=O)C(=O)N2c2ccc([N+](=O)[O-])cc2)c(OC)c1. The number of benzene rings is 3. The van der Waals surface area contributed by atoms with Crippen molar-refractivity contribution >= 4 is 28.8 Å². The number of ether oxygens (including phenoxy) is 2. The molecular weight excluding hydrogens is 440 g/mol. The number of non-ortho nitro benzene ring substituents is 1. The van der Waals surface area contributed by atoms with E-state index >= 15 is 0 Å². The van der Waals surface area contributed by atoms with Gasteiger partial charge in [-0.2, -0.15) is 0 Å². The van der Waals surface area contributed by atoms with Crippen molar-refractivity contribution in [2.24, 2.45) is 0 Å². The number of aliphatic hydroxyl groups excluding tert-OH is 1. The van der Waals surface area contributed by atoms with Crippen LogP contribution in [0.1, 0.15) is 17.2 Å². The van der Waals surface area contributed by atoms with E-state index in [4.69, 9.17) is 9.47 Å². The van der Waals surface area contributed by atoms with E-state index in [1.807, 2.05) is 0 Å². The van der Waals surface area contributed by atoms with E-state index < -0.39 is 22.7 Å². The topological polar surface area (TPSA) is 119 Å². The Morgan fingerprint density at radius 3 is 2.24 bits per heavy atom. The molecule has 4 rings (SSSR count). The molecule has 1 heterocycles. The largest absolute Gasteiger partial charge is 0.507 e. The van der Waals surface area contributed by atoms with Crippen molar-refractivity contribution in [3.63, 3.8) is 0 Å². The first-order chi connectivity index (χ1) is 16.4. The lowest BCUT2D eigenvalue weighted by Gasteiger charge is -2.26. The normalized spacial score (nSPS) is 17.0. The molecule has 0 saturated carbocycles. The molecule has 172 valence electrons. The number of rotatable bonds is 6. The van der Waals surface area contributed by atoms with Gasteiger partial charge < -0.3 is 14.6 Å². The van der Waals surface area contributed by atoms with Gasteiger partial charge in [0.1, 0.15) is 17.3 Å². The molecule has 3 aromatic carbocycles. The molecule has 0 bridgehead atoms. The zero-order chi connectivity index (χ0) is 24.4. The van der Waals surface area contributed by atoms with Crippen molar-refractivity contribution in [2.45, 2.75) is 6.04 Å². The number of methoxy groups -OCH3 is 2. The van der Waals surface area contributed by atoms with Gasteiger partial charge in [0.15, 0.2) is 0 Å². The zero-order valence-corrected chi connectivity index (χ0v) is 18.3. The third-order valence-corrected chi connectivity index (χ3v) is 5.57. The fourth-order valence-corrected chi connectivity index (χ4v) is 3.92. The van der Waals surface area contributed by atoms with Crippen molar-refractivity contribution in [1.82, 2.24) is 0 Å². The molecule has 1 N–H and O–H groups in total. The number of nitrogens with zero attached hydrogens (tertiary/aromatic N) is 2. The number of aliphatic hydroxyl groups is 1. The van der Waals surface area contributed by atoms with Crippen LogP contribution in [-0.2, 0) is 9.59 Å². The van der Waals surface area contributed by atoms with Crippen LogP contribution in [0.3, 0.4) is 0 Å². The van der Waals surface area contributed by atoms with Gasteiger partial charge in [-0.3, -0.25) is 24.6 Å². The van der Waals surface area contributed by atoms with E-state index in [2.05, 4.69) is 0 Å². The maximum absolute atomic E-state index is 13.2. The monoisotopic (exact) mass is 460 g/mol. The maximum Gasteiger partial charge on any atom is 0.300 e. The quantitative estimate of drug-likeness (QED) is 0.192. The van der Waals surface area contributed by atoms with Gasteiger partial charge in [0.2, 0.25) is 0 Å².